The monoisotopic (exact) mass is 289 g/mol. The molecular weight excluding hydrogens is 278 g/mol. The minimum absolute atomic E-state index is 0.352. The largest absolute Gasteiger partial charge is 0.399 e. The fourth-order valence-corrected chi connectivity index (χ4v) is 1.63. The van der Waals surface area contributed by atoms with Gasteiger partial charge in [-0.1, -0.05) is 11.6 Å². The van der Waals surface area contributed by atoms with Gasteiger partial charge in [0.25, 0.3) is 5.91 Å². The molecule has 3 amide bonds. The molecule has 2 rings (SSSR count). The number of imide groups is 1. The summed E-state index contributed by atoms with van der Waals surface area (Å²) in [5, 5.41) is 5.31. The van der Waals surface area contributed by atoms with Gasteiger partial charge in [-0.15, -0.1) is 0 Å². The second-order valence-corrected chi connectivity index (χ2v) is 4.47. The van der Waals surface area contributed by atoms with Gasteiger partial charge in [-0.05, 0) is 48.5 Å². The molecule has 0 aromatic heterocycles. The molecule has 0 aliphatic heterocycles. The zero-order chi connectivity index (χ0) is 14.5. The molecule has 20 heavy (non-hydrogen) atoms. The van der Waals surface area contributed by atoms with Crippen molar-refractivity contribution in [3.05, 3.63) is 59.1 Å². The molecule has 0 radical (unpaired) electrons. The Labute approximate surface area is 120 Å². The lowest BCUT2D eigenvalue weighted by atomic mass is 10.2. The van der Waals surface area contributed by atoms with Crippen molar-refractivity contribution in [2.75, 3.05) is 11.1 Å². The standard InChI is InChI=1S/C14H12ClN3O2/c15-10-3-7-12(8-4-10)17-14(20)18-13(19)9-1-5-11(16)6-2-9/h1-8H,16H2,(H2,17,18,19,20). The zero-order valence-corrected chi connectivity index (χ0v) is 11.1. The highest BCUT2D eigenvalue weighted by atomic mass is 35.5. The molecule has 0 heterocycles. The minimum Gasteiger partial charge on any atom is -0.399 e. The smallest absolute Gasteiger partial charge is 0.326 e. The second kappa shape index (κ2) is 6.08. The van der Waals surface area contributed by atoms with Crippen LogP contribution in [0.1, 0.15) is 10.4 Å². The maximum atomic E-state index is 11.8. The van der Waals surface area contributed by atoms with E-state index in [1.165, 1.54) is 0 Å². The Kier molecular flexibility index (Phi) is 4.22. The highest BCUT2D eigenvalue weighted by Gasteiger charge is 2.10. The van der Waals surface area contributed by atoms with Crippen molar-refractivity contribution in [2.24, 2.45) is 0 Å². The van der Waals surface area contributed by atoms with Gasteiger partial charge in [0.15, 0.2) is 0 Å². The average Bonchev–Trinajstić information content (AvgIpc) is 2.42. The number of hydrogen-bond donors (Lipinski definition) is 3. The number of urea groups is 1. The van der Waals surface area contributed by atoms with E-state index in [1.54, 1.807) is 48.5 Å². The van der Waals surface area contributed by atoms with Gasteiger partial charge in [-0.25, -0.2) is 4.79 Å². The average molecular weight is 290 g/mol. The van der Waals surface area contributed by atoms with Crippen LogP contribution in [0.5, 0.6) is 0 Å². The van der Waals surface area contributed by atoms with Crippen LogP contribution in [0.25, 0.3) is 0 Å². The summed E-state index contributed by atoms with van der Waals surface area (Å²) in [5.41, 5.74) is 6.96. The molecule has 0 unspecified atom stereocenters. The SMILES string of the molecule is Nc1ccc(C(=O)NC(=O)Nc2ccc(Cl)cc2)cc1. The lowest BCUT2D eigenvalue weighted by Gasteiger charge is -2.07. The van der Waals surface area contributed by atoms with E-state index in [4.69, 9.17) is 17.3 Å². The number of benzene rings is 2. The third-order valence-electron chi connectivity index (χ3n) is 2.50. The van der Waals surface area contributed by atoms with Crippen molar-refractivity contribution < 1.29 is 9.59 Å². The molecule has 2 aromatic carbocycles. The highest BCUT2D eigenvalue weighted by molar-refractivity contribution is 6.30. The summed E-state index contributed by atoms with van der Waals surface area (Å²) in [6.45, 7) is 0. The summed E-state index contributed by atoms with van der Waals surface area (Å²) in [6.07, 6.45) is 0. The second-order valence-electron chi connectivity index (χ2n) is 4.04. The molecule has 0 bridgehead atoms. The lowest BCUT2D eigenvalue weighted by molar-refractivity contribution is 0.0967. The number of carbonyl (C=O) groups excluding carboxylic acids is 2. The fraction of sp³-hybridized carbons (Fsp3) is 0. The van der Waals surface area contributed by atoms with Gasteiger partial charge in [-0.2, -0.15) is 0 Å². The number of halogens is 1. The Morgan fingerprint density at radius 1 is 0.950 bits per heavy atom. The van der Waals surface area contributed by atoms with E-state index in [1.807, 2.05) is 0 Å². The van der Waals surface area contributed by atoms with Crippen LogP contribution in [-0.4, -0.2) is 11.9 Å². The summed E-state index contributed by atoms with van der Waals surface area (Å²) in [5.74, 6) is -0.503. The zero-order valence-electron chi connectivity index (χ0n) is 10.4. The number of nitrogens with two attached hydrogens (primary N) is 1. The predicted octanol–water partition coefficient (Wildman–Crippen LogP) is 2.88. The number of carbonyl (C=O) groups is 2. The number of hydrogen-bond acceptors (Lipinski definition) is 3. The quantitative estimate of drug-likeness (QED) is 0.743. The molecule has 0 atom stereocenters. The van der Waals surface area contributed by atoms with E-state index >= 15 is 0 Å². The van der Waals surface area contributed by atoms with Gasteiger partial charge < -0.3 is 11.1 Å². The van der Waals surface area contributed by atoms with E-state index in [2.05, 4.69) is 10.6 Å². The van der Waals surface area contributed by atoms with E-state index in [-0.39, 0.29) is 0 Å². The van der Waals surface area contributed by atoms with E-state index in [9.17, 15) is 9.59 Å². The first-order chi connectivity index (χ1) is 9.54. The molecular formula is C14H12ClN3O2. The third kappa shape index (κ3) is 3.73. The van der Waals surface area contributed by atoms with Crippen molar-refractivity contribution in [1.29, 1.82) is 0 Å². The molecule has 102 valence electrons. The van der Waals surface area contributed by atoms with Crippen LogP contribution in [0.15, 0.2) is 48.5 Å². The number of anilines is 2. The van der Waals surface area contributed by atoms with Crippen LogP contribution in [-0.2, 0) is 0 Å². The number of nitrogens with one attached hydrogen (secondary N) is 2. The normalized spacial score (nSPS) is 9.85. The Balaban J connectivity index is 1.95. The third-order valence-corrected chi connectivity index (χ3v) is 2.75. The summed E-state index contributed by atoms with van der Waals surface area (Å²) >= 11 is 5.73. The number of amides is 3. The summed E-state index contributed by atoms with van der Waals surface area (Å²) in [7, 11) is 0. The van der Waals surface area contributed by atoms with E-state index in [0.29, 0.717) is 22.0 Å². The molecule has 0 saturated heterocycles. The first kappa shape index (κ1) is 13.9. The van der Waals surface area contributed by atoms with Gasteiger partial charge >= 0.3 is 6.03 Å². The molecule has 0 aliphatic rings. The van der Waals surface area contributed by atoms with Crippen molar-refractivity contribution >= 4 is 34.9 Å². The Morgan fingerprint density at radius 2 is 1.55 bits per heavy atom. The van der Waals surface area contributed by atoms with Crippen LogP contribution in [0.3, 0.4) is 0 Å². The molecule has 0 saturated carbocycles. The van der Waals surface area contributed by atoms with Gasteiger partial charge in [0.1, 0.15) is 0 Å². The van der Waals surface area contributed by atoms with Crippen molar-refractivity contribution in [2.45, 2.75) is 0 Å². The first-order valence-corrected chi connectivity index (χ1v) is 6.16. The minimum atomic E-state index is -0.617. The summed E-state index contributed by atoms with van der Waals surface area (Å²) in [6, 6.07) is 12.2. The maximum absolute atomic E-state index is 11.8. The van der Waals surface area contributed by atoms with Gasteiger partial charge in [-0.3, -0.25) is 10.1 Å². The van der Waals surface area contributed by atoms with Gasteiger partial charge in [0.05, 0.1) is 0 Å². The molecule has 2 aromatic rings. The molecule has 5 nitrogen and oxygen atoms in total. The topological polar surface area (TPSA) is 84.2 Å². The van der Waals surface area contributed by atoms with Gasteiger partial charge in [0.2, 0.25) is 0 Å². The Morgan fingerprint density at radius 3 is 2.15 bits per heavy atom. The summed E-state index contributed by atoms with van der Waals surface area (Å²) in [4.78, 5) is 23.4. The maximum Gasteiger partial charge on any atom is 0.326 e. The van der Waals surface area contributed by atoms with Gasteiger partial charge in [0, 0.05) is 22.0 Å². The molecule has 0 fully saturated rings. The van der Waals surface area contributed by atoms with E-state index < -0.39 is 11.9 Å². The molecule has 6 heteroatoms. The molecule has 0 spiro atoms. The van der Waals surface area contributed by atoms with E-state index in [0.717, 1.165) is 0 Å². The lowest BCUT2D eigenvalue weighted by Crippen LogP contribution is -2.34. The van der Waals surface area contributed by atoms with Crippen molar-refractivity contribution in [3.63, 3.8) is 0 Å². The van der Waals surface area contributed by atoms with Crippen LogP contribution < -0.4 is 16.4 Å². The summed E-state index contributed by atoms with van der Waals surface area (Å²) < 4.78 is 0. The van der Waals surface area contributed by atoms with Crippen LogP contribution in [0.2, 0.25) is 5.02 Å². The predicted molar refractivity (Wildman–Crippen MR) is 78.8 cm³/mol. The number of rotatable bonds is 2. The van der Waals surface area contributed by atoms with Crippen LogP contribution in [0, 0.1) is 0 Å². The number of nitrogen functional groups attached to an aromatic ring is 1. The van der Waals surface area contributed by atoms with Crippen molar-refractivity contribution in [1.82, 2.24) is 5.32 Å². The van der Waals surface area contributed by atoms with Crippen LogP contribution >= 0.6 is 11.6 Å². The Bertz CT molecular complexity index is 624. The molecule has 4 N–H and O–H groups in total. The van der Waals surface area contributed by atoms with Crippen LogP contribution in [0.4, 0.5) is 16.2 Å². The Hall–Kier alpha value is -2.53. The van der Waals surface area contributed by atoms with Crippen molar-refractivity contribution in [3.8, 4) is 0 Å². The highest BCUT2D eigenvalue weighted by Crippen LogP contribution is 2.13. The fourth-order valence-electron chi connectivity index (χ4n) is 1.51. The first-order valence-electron chi connectivity index (χ1n) is 5.78. The molecule has 0 aliphatic carbocycles.